The van der Waals surface area contributed by atoms with E-state index in [1.165, 1.54) is 0 Å². The minimum atomic E-state index is -4.97. The van der Waals surface area contributed by atoms with E-state index >= 15 is 0 Å². The van der Waals surface area contributed by atoms with Crippen molar-refractivity contribution in [2.75, 3.05) is 0 Å². The summed E-state index contributed by atoms with van der Waals surface area (Å²) in [4.78, 5) is 10.8. The van der Waals surface area contributed by atoms with Gasteiger partial charge >= 0.3 is 11.5 Å². The largest absolute Gasteiger partial charge is 0.496 e. The molecule has 0 amide bonds. The van der Waals surface area contributed by atoms with Crippen molar-refractivity contribution in [3.8, 4) is 0 Å². The molecule has 1 aromatic carbocycles. The predicted octanol–water partition coefficient (Wildman–Crippen LogP) is 2.87. The van der Waals surface area contributed by atoms with Crippen LogP contribution in [-0.4, -0.2) is 20.2 Å². The molecule has 0 radical (unpaired) electrons. The number of halogens is 3. The molecule has 0 saturated carbocycles. The number of carbonyl (C=O) groups is 1. The van der Waals surface area contributed by atoms with E-state index in [0.29, 0.717) is 13.0 Å². The Labute approximate surface area is 110 Å². The summed E-state index contributed by atoms with van der Waals surface area (Å²) in [6, 6.07) is 9.65. The fourth-order valence-corrected chi connectivity index (χ4v) is 0.840. The second kappa shape index (κ2) is 8.65. The SMILES string of the molecule is CCC(=O)OCc1ccccc1.O=S(O)C(F)(F)F. The van der Waals surface area contributed by atoms with Gasteiger partial charge < -0.3 is 4.74 Å². The van der Waals surface area contributed by atoms with Gasteiger partial charge in [0.2, 0.25) is 0 Å². The number of benzene rings is 1. The summed E-state index contributed by atoms with van der Waals surface area (Å²) in [5, 5.41) is 0. The van der Waals surface area contributed by atoms with Crippen molar-refractivity contribution in [1.82, 2.24) is 0 Å². The van der Waals surface area contributed by atoms with Crippen molar-refractivity contribution in [2.24, 2.45) is 0 Å². The summed E-state index contributed by atoms with van der Waals surface area (Å²) in [7, 11) is 0. The standard InChI is InChI=1S/C10H12O2.CHF3O2S/c1-2-10(11)12-8-9-6-4-3-5-7-9;2-1(3,4)7(5)6/h3-7H,2,8H2,1H3;(H,5,6). The molecule has 1 aromatic rings. The van der Waals surface area contributed by atoms with Crippen LogP contribution >= 0.6 is 0 Å². The smallest absolute Gasteiger partial charge is 0.461 e. The van der Waals surface area contributed by atoms with Crippen LogP contribution in [0.3, 0.4) is 0 Å². The second-order valence-electron chi connectivity index (χ2n) is 3.19. The second-order valence-corrected chi connectivity index (χ2v) is 4.16. The number of esters is 1. The molecule has 0 fully saturated rings. The lowest BCUT2D eigenvalue weighted by atomic mass is 10.2. The zero-order valence-electron chi connectivity index (χ0n) is 10.0. The van der Waals surface area contributed by atoms with E-state index in [2.05, 4.69) is 0 Å². The van der Waals surface area contributed by atoms with Crippen LogP contribution in [0.4, 0.5) is 13.2 Å². The number of rotatable bonds is 3. The fraction of sp³-hybridized carbons (Fsp3) is 0.364. The van der Waals surface area contributed by atoms with Crippen molar-refractivity contribution in [2.45, 2.75) is 25.5 Å². The third-order valence-corrected chi connectivity index (χ3v) is 2.13. The van der Waals surface area contributed by atoms with Gasteiger partial charge in [-0.15, -0.1) is 0 Å². The van der Waals surface area contributed by atoms with Crippen molar-refractivity contribution in [3.63, 3.8) is 0 Å². The Morgan fingerprint density at radius 1 is 1.32 bits per heavy atom. The van der Waals surface area contributed by atoms with Gasteiger partial charge in [0, 0.05) is 6.42 Å². The summed E-state index contributed by atoms with van der Waals surface area (Å²) < 4.78 is 53.1. The van der Waals surface area contributed by atoms with E-state index in [4.69, 9.17) is 13.5 Å². The highest BCUT2D eigenvalue weighted by Crippen LogP contribution is 2.16. The Morgan fingerprint density at radius 2 is 1.79 bits per heavy atom. The van der Waals surface area contributed by atoms with Crippen molar-refractivity contribution >= 4 is 17.0 Å². The van der Waals surface area contributed by atoms with Crippen LogP contribution in [0.25, 0.3) is 0 Å². The minimum absolute atomic E-state index is 0.154. The van der Waals surface area contributed by atoms with Gasteiger partial charge in [-0.3, -0.25) is 9.35 Å². The summed E-state index contributed by atoms with van der Waals surface area (Å²) in [5.41, 5.74) is -3.95. The highest BCUT2D eigenvalue weighted by molar-refractivity contribution is 7.80. The Balaban J connectivity index is 0.000000399. The van der Waals surface area contributed by atoms with E-state index in [0.717, 1.165) is 5.56 Å². The lowest BCUT2D eigenvalue weighted by Gasteiger charge is -2.01. The molecule has 0 saturated heterocycles. The van der Waals surface area contributed by atoms with Gasteiger partial charge in [0.05, 0.1) is 0 Å². The first kappa shape index (κ1) is 17.6. The quantitative estimate of drug-likeness (QED) is 0.688. The third kappa shape index (κ3) is 9.20. The number of ether oxygens (including phenoxy) is 1. The molecule has 0 bridgehead atoms. The lowest BCUT2D eigenvalue weighted by Crippen LogP contribution is -2.14. The normalized spacial score (nSPS) is 12.1. The summed E-state index contributed by atoms with van der Waals surface area (Å²) in [5.74, 6) is -0.154. The van der Waals surface area contributed by atoms with Gasteiger partial charge in [-0.25, -0.2) is 4.21 Å². The Bertz CT molecular complexity index is 406. The molecule has 1 N–H and O–H groups in total. The Hall–Kier alpha value is -1.41. The molecule has 0 heterocycles. The molecule has 0 aliphatic rings. The van der Waals surface area contributed by atoms with Gasteiger partial charge in [-0.1, -0.05) is 37.3 Å². The van der Waals surface area contributed by atoms with Gasteiger partial charge in [-0.05, 0) is 5.56 Å². The minimum Gasteiger partial charge on any atom is -0.461 e. The molecule has 0 aliphatic heterocycles. The molecule has 0 aliphatic carbocycles. The lowest BCUT2D eigenvalue weighted by molar-refractivity contribution is -0.144. The van der Waals surface area contributed by atoms with E-state index in [9.17, 15) is 18.0 Å². The molecule has 1 unspecified atom stereocenters. The maximum atomic E-state index is 10.8. The van der Waals surface area contributed by atoms with Crippen molar-refractivity contribution in [1.29, 1.82) is 0 Å². The van der Waals surface area contributed by atoms with Gasteiger partial charge in [-0.2, -0.15) is 13.2 Å². The van der Waals surface area contributed by atoms with Crippen molar-refractivity contribution < 1.29 is 31.5 Å². The van der Waals surface area contributed by atoms with Crippen LogP contribution in [0.15, 0.2) is 30.3 Å². The number of hydrogen-bond donors (Lipinski definition) is 1. The van der Waals surface area contributed by atoms with E-state index in [1.54, 1.807) is 6.92 Å². The first-order valence-corrected chi connectivity index (χ1v) is 6.25. The molecule has 8 heteroatoms. The number of carbonyl (C=O) groups excluding carboxylic acids is 1. The third-order valence-electron chi connectivity index (χ3n) is 1.73. The van der Waals surface area contributed by atoms with Crippen LogP contribution in [0.5, 0.6) is 0 Å². The maximum Gasteiger partial charge on any atom is 0.496 e. The van der Waals surface area contributed by atoms with Crippen molar-refractivity contribution in [3.05, 3.63) is 35.9 Å². The Morgan fingerprint density at radius 3 is 2.16 bits per heavy atom. The highest BCUT2D eigenvalue weighted by Gasteiger charge is 2.35. The molecule has 108 valence electrons. The molecular formula is C11H13F3O4S. The summed E-state index contributed by atoms with van der Waals surface area (Å²) in [6.07, 6.45) is 0.437. The molecular weight excluding hydrogens is 285 g/mol. The Kier molecular flexibility index (Phi) is 8.01. The average molecular weight is 298 g/mol. The maximum absolute atomic E-state index is 10.8. The topological polar surface area (TPSA) is 63.6 Å². The van der Waals surface area contributed by atoms with Crippen LogP contribution in [-0.2, 0) is 27.2 Å². The molecule has 0 spiro atoms. The van der Waals surface area contributed by atoms with E-state index in [1.807, 2.05) is 30.3 Å². The highest BCUT2D eigenvalue weighted by atomic mass is 32.2. The van der Waals surface area contributed by atoms with Crippen LogP contribution in [0.2, 0.25) is 0 Å². The van der Waals surface area contributed by atoms with Gasteiger partial charge in [0.1, 0.15) is 6.61 Å². The van der Waals surface area contributed by atoms with E-state index in [-0.39, 0.29) is 5.97 Å². The summed E-state index contributed by atoms with van der Waals surface area (Å²) >= 11 is -3.68. The molecule has 0 aromatic heterocycles. The fourth-order valence-electron chi connectivity index (χ4n) is 0.840. The number of hydrogen-bond acceptors (Lipinski definition) is 3. The molecule has 1 atom stereocenters. The molecule has 4 nitrogen and oxygen atoms in total. The van der Waals surface area contributed by atoms with E-state index < -0.39 is 16.6 Å². The molecule has 1 rings (SSSR count). The predicted molar refractivity (Wildman–Crippen MR) is 63.4 cm³/mol. The van der Waals surface area contributed by atoms with Crippen LogP contribution < -0.4 is 0 Å². The van der Waals surface area contributed by atoms with Gasteiger partial charge in [0.25, 0.3) is 11.1 Å². The number of alkyl halides is 3. The zero-order chi connectivity index (χ0) is 14.9. The zero-order valence-corrected chi connectivity index (χ0v) is 10.8. The summed E-state index contributed by atoms with van der Waals surface area (Å²) in [6.45, 7) is 2.17. The molecule has 19 heavy (non-hydrogen) atoms. The monoisotopic (exact) mass is 298 g/mol. The van der Waals surface area contributed by atoms with Gasteiger partial charge in [0.15, 0.2) is 0 Å². The van der Waals surface area contributed by atoms with Crippen LogP contribution in [0, 0.1) is 0 Å². The average Bonchev–Trinajstić information content (AvgIpc) is 2.36. The first-order valence-electron chi connectivity index (χ1n) is 5.14. The first-order chi connectivity index (χ1) is 8.77. The van der Waals surface area contributed by atoms with Crippen LogP contribution in [0.1, 0.15) is 18.9 Å².